The first-order chi connectivity index (χ1) is 18.8. The highest BCUT2D eigenvalue weighted by Gasteiger charge is 2.01. The molecular weight excluding hydrogens is 472 g/mol. The van der Waals surface area contributed by atoms with Crippen LogP contribution in [0.2, 0.25) is 0 Å². The van der Waals surface area contributed by atoms with Crippen LogP contribution < -0.4 is 9.47 Å². The van der Waals surface area contributed by atoms with Gasteiger partial charge in [0.2, 0.25) is 0 Å². The number of benzene rings is 2. The van der Waals surface area contributed by atoms with Gasteiger partial charge in [-0.25, -0.2) is 0 Å². The Bertz CT molecular complexity index is 705. The van der Waals surface area contributed by atoms with Gasteiger partial charge in [0.05, 0.1) is 13.2 Å². The molecule has 0 saturated carbocycles. The van der Waals surface area contributed by atoms with Gasteiger partial charge in [0, 0.05) is 13.2 Å². The average Bonchev–Trinajstić information content (AvgIpc) is 2.95. The zero-order chi connectivity index (χ0) is 26.9. The van der Waals surface area contributed by atoms with Crippen LogP contribution in [0.25, 0.3) is 11.1 Å². The highest BCUT2D eigenvalue weighted by Crippen LogP contribution is 2.25. The summed E-state index contributed by atoms with van der Waals surface area (Å²) in [6, 6.07) is 16.8. The summed E-state index contributed by atoms with van der Waals surface area (Å²) in [4.78, 5) is 0. The van der Waals surface area contributed by atoms with Gasteiger partial charge in [0.15, 0.2) is 0 Å². The van der Waals surface area contributed by atoms with Gasteiger partial charge in [-0.2, -0.15) is 0 Å². The fourth-order valence-corrected chi connectivity index (χ4v) is 4.77. The summed E-state index contributed by atoms with van der Waals surface area (Å²) >= 11 is 0. The lowest BCUT2D eigenvalue weighted by molar-refractivity contribution is 0.282. The summed E-state index contributed by atoms with van der Waals surface area (Å²) in [6.45, 7) is 2.24. The van der Waals surface area contributed by atoms with Crippen LogP contribution in [0, 0.1) is 0 Å². The number of hydrogen-bond acceptors (Lipinski definition) is 4. The quantitative estimate of drug-likeness (QED) is 0.127. The lowest BCUT2D eigenvalue weighted by atomic mass is 10.1. The van der Waals surface area contributed by atoms with E-state index in [1.54, 1.807) is 0 Å². The summed E-state index contributed by atoms with van der Waals surface area (Å²) in [5.74, 6) is 1.89. The Labute approximate surface area is 232 Å². The van der Waals surface area contributed by atoms with Gasteiger partial charge < -0.3 is 19.7 Å². The highest BCUT2D eigenvalue weighted by atomic mass is 16.5. The molecule has 2 aromatic carbocycles. The number of ether oxygens (including phenoxy) is 2. The van der Waals surface area contributed by atoms with E-state index in [2.05, 4.69) is 48.5 Å². The molecule has 0 radical (unpaired) electrons. The van der Waals surface area contributed by atoms with Crippen LogP contribution in [0.5, 0.6) is 11.5 Å². The van der Waals surface area contributed by atoms with E-state index >= 15 is 0 Å². The largest absolute Gasteiger partial charge is 0.494 e. The van der Waals surface area contributed by atoms with Crippen LogP contribution in [0.3, 0.4) is 0 Å². The third kappa shape index (κ3) is 16.0. The molecule has 0 aliphatic heterocycles. The van der Waals surface area contributed by atoms with Gasteiger partial charge in [-0.1, -0.05) is 114 Å². The Balaban J connectivity index is 1.50. The van der Waals surface area contributed by atoms with E-state index in [9.17, 15) is 0 Å². The molecule has 0 fully saturated rings. The normalized spacial score (nSPS) is 11.1. The molecule has 0 aliphatic rings. The SMILES string of the molecule is OCCCCCCCCCCCOc1ccc(-c2ccc(OCCCCCCCCCCCO)cc2)cc1. The maximum absolute atomic E-state index is 8.80. The topological polar surface area (TPSA) is 58.9 Å². The van der Waals surface area contributed by atoms with Crippen molar-refractivity contribution in [3.8, 4) is 22.6 Å². The molecule has 4 heteroatoms. The molecule has 2 N–H and O–H groups in total. The summed E-state index contributed by atoms with van der Waals surface area (Å²) < 4.78 is 11.9. The maximum atomic E-state index is 8.80. The van der Waals surface area contributed by atoms with Crippen molar-refractivity contribution in [2.24, 2.45) is 0 Å². The van der Waals surface area contributed by atoms with E-state index in [0.29, 0.717) is 13.2 Å². The second kappa shape index (κ2) is 22.9. The monoisotopic (exact) mass is 526 g/mol. The second-order valence-corrected chi connectivity index (χ2v) is 10.6. The van der Waals surface area contributed by atoms with E-state index in [1.807, 2.05) is 0 Å². The molecule has 4 nitrogen and oxygen atoms in total. The van der Waals surface area contributed by atoms with Crippen LogP contribution in [-0.4, -0.2) is 36.6 Å². The molecular formula is C34H54O4. The minimum Gasteiger partial charge on any atom is -0.494 e. The standard InChI is InChI=1S/C34H54O4/c35-27-15-11-7-3-1-5-9-13-17-29-37-33-23-19-31(20-24-33)32-21-25-34(26-22-32)38-30-18-14-10-6-2-4-8-12-16-28-36/h19-26,35-36H,1-18,27-30H2. The molecule has 0 aromatic heterocycles. The summed E-state index contributed by atoms with van der Waals surface area (Å²) in [7, 11) is 0. The predicted molar refractivity (Wildman–Crippen MR) is 160 cm³/mol. The molecule has 0 amide bonds. The van der Waals surface area contributed by atoms with E-state index in [1.165, 1.54) is 88.2 Å². The molecule has 214 valence electrons. The van der Waals surface area contributed by atoms with Crippen molar-refractivity contribution in [2.45, 2.75) is 116 Å². The lowest BCUT2D eigenvalue weighted by Crippen LogP contribution is -1.97. The van der Waals surface area contributed by atoms with Crippen molar-refractivity contribution in [1.82, 2.24) is 0 Å². The van der Waals surface area contributed by atoms with Gasteiger partial charge >= 0.3 is 0 Å². The van der Waals surface area contributed by atoms with E-state index in [-0.39, 0.29) is 0 Å². The van der Waals surface area contributed by atoms with Gasteiger partial charge in [-0.15, -0.1) is 0 Å². The minimum absolute atomic E-state index is 0.334. The van der Waals surface area contributed by atoms with Crippen molar-refractivity contribution in [3.05, 3.63) is 48.5 Å². The minimum atomic E-state index is 0.334. The van der Waals surface area contributed by atoms with E-state index in [0.717, 1.165) is 63.2 Å². The van der Waals surface area contributed by atoms with Crippen LogP contribution in [0.15, 0.2) is 48.5 Å². The molecule has 0 bridgehead atoms. The summed E-state index contributed by atoms with van der Waals surface area (Å²) in [6.07, 6.45) is 21.9. The zero-order valence-electron chi connectivity index (χ0n) is 23.9. The Morgan fingerprint density at radius 1 is 0.342 bits per heavy atom. The van der Waals surface area contributed by atoms with Gasteiger partial charge in [0.1, 0.15) is 11.5 Å². The van der Waals surface area contributed by atoms with Gasteiger partial charge in [-0.3, -0.25) is 0 Å². The predicted octanol–water partition coefficient (Wildman–Crippen LogP) is 9.12. The summed E-state index contributed by atoms with van der Waals surface area (Å²) in [5.41, 5.74) is 2.39. The molecule has 0 unspecified atom stereocenters. The molecule has 0 heterocycles. The van der Waals surface area contributed by atoms with E-state index < -0.39 is 0 Å². The summed E-state index contributed by atoms with van der Waals surface area (Å²) in [5, 5.41) is 17.6. The average molecular weight is 527 g/mol. The Morgan fingerprint density at radius 3 is 0.895 bits per heavy atom. The third-order valence-corrected chi connectivity index (χ3v) is 7.18. The fraction of sp³-hybridized carbons (Fsp3) is 0.647. The number of rotatable bonds is 25. The third-order valence-electron chi connectivity index (χ3n) is 7.18. The van der Waals surface area contributed by atoms with Crippen molar-refractivity contribution in [1.29, 1.82) is 0 Å². The molecule has 0 aliphatic carbocycles. The first-order valence-corrected chi connectivity index (χ1v) is 15.5. The second-order valence-electron chi connectivity index (χ2n) is 10.6. The maximum Gasteiger partial charge on any atom is 0.119 e. The molecule has 0 atom stereocenters. The van der Waals surface area contributed by atoms with Crippen LogP contribution in [0.4, 0.5) is 0 Å². The Hall–Kier alpha value is -2.04. The Kier molecular flexibility index (Phi) is 19.4. The van der Waals surface area contributed by atoms with Gasteiger partial charge in [-0.05, 0) is 61.1 Å². The lowest BCUT2D eigenvalue weighted by Gasteiger charge is -2.09. The molecule has 2 rings (SSSR count). The van der Waals surface area contributed by atoms with Gasteiger partial charge in [0.25, 0.3) is 0 Å². The number of aliphatic hydroxyl groups is 2. The molecule has 0 spiro atoms. The first-order valence-electron chi connectivity index (χ1n) is 15.5. The Morgan fingerprint density at radius 2 is 0.605 bits per heavy atom. The fourth-order valence-electron chi connectivity index (χ4n) is 4.77. The van der Waals surface area contributed by atoms with Crippen molar-refractivity contribution in [3.63, 3.8) is 0 Å². The van der Waals surface area contributed by atoms with Crippen LogP contribution in [-0.2, 0) is 0 Å². The molecule has 2 aromatic rings. The molecule has 0 saturated heterocycles. The highest BCUT2D eigenvalue weighted by molar-refractivity contribution is 5.64. The zero-order valence-corrected chi connectivity index (χ0v) is 23.9. The van der Waals surface area contributed by atoms with Crippen molar-refractivity contribution >= 4 is 0 Å². The van der Waals surface area contributed by atoms with E-state index in [4.69, 9.17) is 19.7 Å². The number of hydrogen-bond donors (Lipinski definition) is 2. The number of aliphatic hydroxyl groups excluding tert-OH is 2. The first kappa shape index (κ1) is 32.2. The number of unbranched alkanes of at least 4 members (excludes halogenated alkanes) is 16. The van der Waals surface area contributed by atoms with Crippen molar-refractivity contribution in [2.75, 3.05) is 26.4 Å². The molecule has 38 heavy (non-hydrogen) atoms. The smallest absolute Gasteiger partial charge is 0.119 e. The van der Waals surface area contributed by atoms with Crippen molar-refractivity contribution < 1.29 is 19.7 Å². The van der Waals surface area contributed by atoms with Crippen LogP contribution in [0.1, 0.15) is 116 Å². The van der Waals surface area contributed by atoms with Crippen LogP contribution >= 0.6 is 0 Å².